The highest BCUT2D eigenvalue weighted by Crippen LogP contribution is 2.33. The molecule has 0 saturated carbocycles. The third-order valence-electron chi connectivity index (χ3n) is 3.41. The van der Waals surface area contributed by atoms with E-state index in [1.807, 2.05) is 12.1 Å². The third kappa shape index (κ3) is 1.85. The summed E-state index contributed by atoms with van der Waals surface area (Å²) in [6.45, 7) is 0.538. The van der Waals surface area contributed by atoms with Crippen LogP contribution in [0.15, 0.2) is 42.5 Å². The largest absolute Gasteiger partial charge is 0.398 e. The summed E-state index contributed by atoms with van der Waals surface area (Å²) in [5.41, 5.74) is 8.42. The number of benzene rings is 2. The second-order valence-electron chi connectivity index (χ2n) is 4.53. The van der Waals surface area contributed by atoms with E-state index in [1.165, 1.54) is 12.1 Å². The maximum absolute atomic E-state index is 13.7. The van der Waals surface area contributed by atoms with E-state index in [1.54, 1.807) is 23.1 Å². The minimum absolute atomic E-state index is 0.0952. The van der Waals surface area contributed by atoms with Crippen molar-refractivity contribution in [2.45, 2.75) is 6.42 Å². The van der Waals surface area contributed by atoms with Gasteiger partial charge in [-0.25, -0.2) is 4.39 Å². The second kappa shape index (κ2) is 4.39. The van der Waals surface area contributed by atoms with Gasteiger partial charge in [0.05, 0.1) is 5.56 Å². The van der Waals surface area contributed by atoms with Gasteiger partial charge in [-0.2, -0.15) is 0 Å². The van der Waals surface area contributed by atoms with Crippen molar-refractivity contribution in [2.75, 3.05) is 17.2 Å². The number of nitrogen functional groups attached to an aromatic ring is 1. The minimum Gasteiger partial charge on any atom is -0.398 e. The summed E-state index contributed by atoms with van der Waals surface area (Å²) in [6, 6.07) is 11.5. The molecular formula is C15H13FN2O. The van der Waals surface area contributed by atoms with Crippen molar-refractivity contribution in [1.29, 1.82) is 0 Å². The van der Waals surface area contributed by atoms with Crippen LogP contribution in [0.4, 0.5) is 15.8 Å². The lowest BCUT2D eigenvalue weighted by atomic mass is 10.1. The number of rotatable bonds is 1. The van der Waals surface area contributed by atoms with Gasteiger partial charge < -0.3 is 10.6 Å². The van der Waals surface area contributed by atoms with E-state index in [0.29, 0.717) is 18.7 Å². The molecule has 4 heteroatoms. The quantitative estimate of drug-likeness (QED) is 0.797. The smallest absolute Gasteiger partial charge is 0.261 e. The first-order valence-corrected chi connectivity index (χ1v) is 6.12. The number of nitrogens with zero attached hydrogens (tertiary/aromatic N) is 1. The Morgan fingerprint density at radius 2 is 1.95 bits per heavy atom. The second-order valence-corrected chi connectivity index (χ2v) is 4.53. The Balaban J connectivity index is 2.01. The summed E-state index contributed by atoms with van der Waals surface area (Å²) in [7, 11) is 0. The van der Waals surface area contributed by atoms with Gasteiger partial charge in [-0.15, -0.1) is 0 Å². The zero-order valence-electron chi connectivity index (χ0n) is 10.3. The van der Waals surface area contributed by atoms with Crippen LogP contribution in [-0.4, -0.2) is 12.5 Å². The van der Waals surface area contributed by atoms with Crippen molar-refractivity contribution in [2.24, 2.45) is 0 Å². The summed E-state index contributed by atoms with van der Waals surface area (Å²) >= 11 is 0. The first kappa shape index (κ1) is 11.7. The van der Waals surface area contributed by atoms with E-state index < -0.39 is 5.82 Å². The normalized spacial score (nSPS) is 13.4. The molecule has 0 unspecified atom stereocenters. The van der Waals surface area contributed by atoms with Crippen molar-refractivity contribution in [1.82, 2.24) is 0 Å². The lowest BCUT2D eigenvalue weighted by molar-refractivity contribution is 0.0985. The average Bonchev–Trinajstić information content (AvgIpc) is 2.84. The molecule has 1 aliphatic rings. The number of halogens is 1. The molecule has 96 valence electrons. The fourth-order valence-corrected chi connectivity index (χ4v) is 2.45. The van der Waals surface area contributed by atoms with Crippen molar-refractivity contribution in [3.05, 3.63) is 59.4 Å². The van der Waals surface area contributed by atoms with Gasteiger partial charge >= 0.3 is 0 Å². The number of carbonyl (C=O) groups is 1. The highest BCUT2D eigenvalue weighted by Gasteiger charge is 2.27. The first-order valence-electron chi connectivity index (χ1n) is 6.12. The standard InChI is InChI=1S/C15H13FN2O/c16-12-5-2-1-4-10(12)15(19)18-9-8-11-13(17)6-3-7-14(11)18/h1-7H,8-9,17H2. The number of anilines is 2. The molecule has 0 saturated heterocycles. The zero-order chi connectivity index (χ0) is 13.4. The monoisotopic (exact) mass is 256 g/mol. The Hall–Kier alpha value is -2.36. The maximum atomic E-state index is 13.7. The number of nitrogens with two attached hydrogens (primary N) is 1. The Labute approximate surface area is 110 Å². The molecule has 0 atom stereocenters. The molecule has 2 N–H and O–H groups in total. The fourth-order valence-electron chi connectivity index (χ4n) is 2.45. The molecule has 19 heavy (non-hydrogen) atoms. The molecule has 0 radical (unpaired) electrons. The lowest BCUT2D eigenvalue weighted by Gasteiger charge is -2.17. The third-order valence-corrected chi connectivity index (χ3v) is 3.41. The number of amides is 1. The molecule has 0 aliphatic carbocycles. The predicted octanol–water partition coefficient (Wildman–Crippen LogP) is 2.61. The zero-order valence-corrected chi connectivity index (χ0v) is 10.3. The molecule has 0 bridgehead atoms. The van der Waals surface area contributed by atoms with Gasteiger partial charge in [0.2, 0.25) is 0 Å². The Morgan fingerprint density at radius 1 is 1.16 bits per heavy atom. The molecule has 0 spiro atoms. The number of hydrogen-bond donors (Lipinski definition) is 1. The van der Waals surface area contributed by atoms with Gasteiger partial charge in [-0.3, -0.25) is 4.79 Å². The van der Waals surface area contributed by atoms with Gasteiger partial charge in [0.25, 0.3) is 5.91 Å². The Morgan fingerprint density at radius 3 is 2.74 bits per heavy atom. The molecule has 1 heterocycles. The van der Waals surface area contributed by atoms with Crippen LogP contribution < -0.4 is 10.6 Å². The van der Waals surface area contributed by atoms with E-state index in [4.69, 9.17) is 5.73 Å². The van der Waals surface area contributed by atoms with Crippen LogP contribution in [0.3, 0.4) is 0 Å². The lowest BCUT2D eigenvalue weighted by Crippen LogP contribution is -2.29. The molecule has 3 nitrogen and oxygen atoms in total. The summed E-state index contributed by atoms with van der Waals surface area (Å²) in [4.78, 5) is 14.0. The van der Waals surface area contributed by atoms with Crippen LogP contribution in [0, 0.1) is 5.82 Å². The molecule has 2 aromatic rings. The SMILES string of the molecule is Nc1cccc2c1CCN2C(=O)c1ccccc1F. The van der Waals surface area contributed by atoms with Crippen molar-refractivity contribution in [3.8, 4) is 0 Å². The van der Waals surface area contributed by atoms with E-state index in [9.17, 15) is 9.18 Å². The maximum Gasteiger partial charge on any atom is 0.261 e. The molecule has 0 fully saturated rings. The summed E-state index contributed by atoms with van der Waals surface area (Å²) < 4.78 is 13.7. The van der Waals surface area contributed by atoms with Gasteiger partial charge in [0.1, 0.15) is 5.82 Å². The number of hydrogen-bond acceptors (Lipinski definition) is 2. The van der Waals surface area contributed by atoms with E-state index in [0.717, 1.165) is 11.3 Å². The van der Waals surface area contributed by atoms with Crippen LogP contribution in [0.2, 0.25) is 0 Å². The Kier molecular flexibility index (Phi) is 2.71. The highest BCUT2D eigenvalue weighted by atomic mass is 19.1. The Bertz CT molecular complexity index is 654. The van der Waals surface area contributed by atoms with Crippen molar-refractivity contribution in [3.63, 3.8) is 0 Å². The topological polar surface area (TPSA) is 46.3 Å². The average molecular weight is 256 g/mol. The van der Waals surface area contributed by atoms with E-state index in [-0.39, 0.29) is 11.5 Å². The molecular weight excluding hydrogens is 243 g/mol. The van der Waals surface area contributed by atoms with Gasteiger partial charge in [-0.1, -0.05) is 18.2 Å². The van der Waals surface area contributed by atoms with E-state index in [2.05, 4.69) is 0 Å². The number of fused-ring (bicyclic) bond motifs is 1. The summed E-state index contributed by atoms with van der Waals surface area (Å²) in [5, 5.41) is 0. The number of carbonyl (C=O) groups excluding carboxylic acids is 1. The van der Waals surface area contributed by atoms with Crippen LogP contribution >= 0.6 is 0 Å². The summed E-state index contributed by atoms with van der Waals surface area (Å²) in [5.74, 6) is -0.813. The molecule has 1 aliphatic heterocycles. The molecule has 3 rings (SSSR count). The minimum atomic E-state index is -0.496. The van der Waals surface area contributed by atoms with Crippen LogP contribution in [0.5, 0.6) is 0 Å². The van der Waals surface area contributed by atoms with Crippen LogP contribution in [0.25, 0.3) is 0 Å². The highest BCUT2D eigenvalue weighted by molar-refractivity contribution is 6.07. The van der Waals surface area contributed by atoms with E-state index >= 15 is 0 Å². The van der Waals surface area contributed by atoms with Crippen LogP contribution in [-0.2, 0) is 6.42 Å². The fraction of sp³-hybridized carbons (Fsp3) is 0.133. The summed E-state index contributed by atoms with van der Waals surface area (Å²) in [6.07, 6.45) is 0.711. The van der Waals surface area contributed by atoms with Crippen molar-refractivity contribution < 1.29 is 9.18 Å². The first-order chi connectivity index (χ1) is 9.18. The van der Waals surface area contributed by atoms with Gasteiger partial charge in [0.15, 0.2) is 0 Å². The van der Waals surface area contributed by atoms with Gasteiger partial charge in [0, 0.05) is 23.5 Å². The van der Waals surface area contributed by atoms with Crippen molar-refractivity contribution >= 4 is 17.3 Å². The molecule has 2 aromatic carbocycles. The predicted molar refractivity (Wildman–Crippen MR) is 72.6 cm³/mol. The molecule has 1 amide bonds. The van der Waals surface area contributed by atoms with Crippen LogP contribution in [0.1, 0.15) is 15.9 Å². The van der Waals surface area contributed by atoms with Gasteiger partial charge in [-0.05, 0) is 30.7 Å². The molecule has 0 aromatic heterocycles.